The Morgan fingerprint density at radius 3 is 2.31 bits per heavy atom. The Balaban J connectivity index is 2.49. The van der Waals surface area contributed by atoms with Crippen LogP contribution in [0.3, 0.4) is 0 Å². The molecule has 6 N–H and O–H groups in total. The number of ether oxygens (including phenoxy) is 1. The Labute approximate surface area is 90.1 Å². The summed E-state index contributed by atoms with van der Waals surface area (Å²) in [5, 5.41) is 27.6. The van der Waals surface area contributed by atoms with Gasteiger partial charge in [0.05, 0.1) is 0 Å². The van der Waals surface area contributed by atoms with Crippen molar-refractivity contribution in [1.29, 1.82) is 0 Å². The predicted molar refractivity (Wildman–Crippen MR) is 47.4 cm³/mol. The fourth-order valence-electron chi connectivity index (χ4n) is 1.17. The molecule has 1 rings (SSSR count). The number of hydrogen-bond acceptors (Lipinski definition) is 9. The lowest BCUT2D eigenvalue weighted by Crippen LogP contribution is -2.40. The minimum atomic E-state index is -4.50. The van der Waals surface area contributed by atoms with Crippen molar-refractivity contribution in [2.75, 3.05) is 6.61 Å². The summed E-state index contributed by atoms with van der Waals surface area (Å²) in [4.78, 5) is 36.1. The first-order valence-corrected chi connectivity index (χ1v) is 5.75. The Bertz CT molecular complexity index is 263. The van der Waals surface area contributed by atoms with Crippen LogP contribution in [0.25, 0.3) is 0 Å². The van der Waals surface area contributed by atoms with E-state index in [9.17, 15) is 15.0 Å². The molecule has 16 heavy (non-hydrogen) atoms. The Hall–Kier alpha value is -0.380. The average molecular weight is 259 g/mol. The maximum atomic E-state index is 10.8. The molecule has 0 amide bonds. The van der Waals surface area contributed by atoms with E-state index in [1.807, 2.05) is 0 Å². The first-order chi connectivity index (χ1) is 7.22. The zero-order valence-corrected chi connectivity index (χ0v) is 8.77. The monoisotopic (exact) mass is 259 g/mol. The van der Waals surface area contributed by atoms with E-state index in [1.165, 1.54) is 0 Å². The first-order valence-electron chi connectivity index (χ1n) is 4.19. The average Bonchev–Trinajstić information content (AvgIpc) is 2.41. The third-order valence-corrected chi connectivity index (χ3v) is 2.45. The van der Waals surface area contributed by atoms with E-state index in [1.54, 1.807) is 0 Å². The van der Waals surface area contributed by atoms with Crippen molar-refractivity contribution in [3.05, 3.63) is 0 Å². The Morgan fingerprint density at radius 2 is 1.94 bits per heavy atom. The molecule has 0 spiro atoms. The van der Waals surface area contributed by atoms with Crippen molar-refractivity contribution in [1.82, 2.24) is 0 Å². The summed E-state index contributed by atoms with van der Waals surface area (Å²) in [6.45, 7) is -0.779. The lowest BCUT2D eigenvalue weighted by molar-refractivity contribution is -0.151. The summed E-state index contributed by atoms with van der Waals surface area (Å²) < 4.78 is 8.48. The molecule has 1 fully saturated rings. The van der Waals surface area contributed by atoms with Crippen molar-refractivity contribution in [3.63, 3.8) is 0 Å². The van der Waals surface area contributed by atoms with E-state index in [2.05, 4.69) is 9.26 Å². The van der Waals surface area contributed by atoms with Gasteiger partial charge in [-0.05, 0) is 0 Å². The van der Waals surface area contributed by atoms with E-state index < -0.39 is 45.2 Å². The van der Waals surface area contributed by atoms with Crippen LogP contribution in [0, 0.1) is 0 Å². The SMILES string of the molecule is O=C1O[C@H]([C@@H](O)CO[P+](O)(O)O)[C@H](O)C1O. The van der Waals surface area contributed by atoms with Gasteiger partial charge >= 0.3 is 14.1 Å². The maximum absolute atomic E-state index is 10.8. The van der Waals surface area contributed by atoms with Crippen molar-refractivity contribution in [3.8, 4) is 0 Å². The number of hydrogen-bond donors (Lipinski definition) is 6. The van der Waals surface area contributed by atoms with E-state index in [0.29, 0.717) is 0 Å². The highest BCUT2D eigenvalue weighted by atomic mass is 31.2. The first kappa shape index (κ1) is 13.7. The van der Waals surface area contributed by atoms with Crippen LogP contribution in [0.5, 0.6) is 0 Å². The molecule has 9 nitrogen and oxygen atoms in total. The predicted octanol–water partition coefficient (Wildman–Crippen LogP) is -3.33. The van der Waals surface area contributed by atoms with Crippen molar-refractivity contribution < 1.29 is 44.1 Å². The minimum absolute atomic E-state index is 0.779. The summed E-state index contributed by atoms with van der Waals surface area (Å²) >= 11 is 0. The molecular weight excluding hydrogens is 247 g/mol. The second-order valence-electron chi connectivity index (χ2n) is 3.21. The van der Waals surface area contributed by atoms with E-state index in [4.69, 9.17) is 19.8 Å². The Morgan fingerprint density at radius 1 is 1.38 bits per heavy atom. The number of rotatable bonds is 4. The lowest BCUT2D eigenvalue weighted by atomic mass is 10.1. The van der Waals surface area contributed by atoms with Crippen LogP contribution in [0.15, 0.2) is 0 Å². The van der Waals surface area contributed by atoms with Gasteiger partial charge in [-0.15, -0.1) is 0 Å². The number of aliphatic hydroxyl groups is 3. The second kappa shape index (κ2) is 4.86. The zero-order valence-electron chi connectivity index (χ0n) is 7.87. The van der Waals surface area contributed by atoms with Crippen LogP contribution < -0.4 is 0 Å². The number of cyclic esters (lactones) is 1. The number of carbonyl (C=O) groups excluding carboxylic acids is 1. The summed E-state index contributed by atoms with van der Waals surface area (Å²) in [7, 11) is -4.50. The topological polar surface area (TPSA) is 157 Å². The number of esters is 1. The van der Waals surface area contributed by atoms with Crippen LogP contribution in [-0.2, 0) is 14.1 Å². The summed E-state index contributed by atoms with van der Waals surface area (Å²) in [6.07, 6.45) is -6.47. The van der Waals surface area contributed by atoms with Crippen molar-refractivity contribution >= 4 is 14.1 Å². The summed E-state index contributed by atoms with van der Waals surface area (Å²) in [6, 6.07) is 0. The number of aliphatic hydroxyl groups excluding tert-OH is 3. The molecule has 0 aromatic rings. The van der Waals surface area contributed by atoms with Crippen LogP contribution in [-0.4, -0.2) is 67.0 Å². The molecule has 0 aromatic heterocycles. The molecule has 1 heterocycles. The van der Waals surface area contributed by atoms with Crippen LogP contribution in [0.2, 0.25) is 0 Å². The van der Waals surface area contributed by atoms with E-state index in [-0.39, 0.29) is 0 Å². The molecule has 1 aliphatic heterocycles. The van der Waals surface area contributed by atoms with Gasteiger partial charge in [-0.25, -0.2) is 4.79 Å². The third kappa shape index (κ3) is 3.30. The number of carbonyl (C=O) groups is 1. The van der Waals surface area contributed by atoms with Gasteiger partial charge in [-0.3, -0.25) is 0 Å². The highest BCUT2D eigenvalue weighted by Gasteiger charge is 2.47. The fourth-order valence-corrected chi connectivity index (χ4v) is 1.52. The van der Waals surface area contributed by atoms with Gasteiger partial charge < -0.3 is 20.1 Å². The van der Waals surface area contributed by atoms with Crippen LogP contribution >= 0.6 is 8.17 Å². The van der Waals surface area contributed by atoms with Gasteiger partial charge in [0.25, 0.3) is 0 Å². The fraction of sp³-hybridized carbons (Fsp3) is 0.833. The maximum Gasteiger partial charge on any atom is 0.567 e. The van der Waals surface area contributed by atoms with Gasteiger partial charge in [-0.1, -0.05) is 0 Å². The van der Waals surface area contributed by atoms with Crippen molar-refractivity contribution in [2.45, 2.75) is 24.4 Å². The second-order valence-corrected chi connectivity index (χ2v) is 4.50. The molecule has 0 saturated carbocycles. The molecule has 0 radical (unpaired) electrons. The molecule has 10 heteroatoms. The highest BCUT2D eigenvalue weighted by Crippen LogP contribution is 2.45. The minimum Gasteiger partial charge on any atom is -0.455 e. The van der Waals surface area contributed by atoms with E-state index in [0.717, 1.165) is 0 Å². The molecule has 1 saturated heterocycles. The summed E-state index contributed by atoms with van der Waals surface area (Å²) in [5.41, 5.74) is 0. The van der Waals surface area contributed by atoms with Gasteiger partial charge in [-0.2, -0.15) is 19.2 Å². The molecule has 4 atom stereocenters. The normalized spacial score (nSPS) is 32.6. The molecule has 0 aliphatic carbocycles. The van der Waals surface area contributed by atoms with Gasteiger partial charge in [0.15, 0.2) is 12.2 Å². The largest absolute Gasteiger partial charge is 0.567 e. The zero-order chi connectivity index (χ0) is 12.5. The van der Waals surface area contributed by atoms with Gasteiger partial charge in [0.2, 0.25) is 0 Å². The van der Waals surface area contributed by atoms with Crippen LogP contribution in [0.4, 0.5) is 0 Å². The Kier molecular flexibility index (Phi) is 4.16. The van der Waals surface area contributed by atoms with Gasteiger partial charge in [0, 0.05) is 0 Å². The van der Waals surface area contributed by atoms with Crippen LogP contribution in [0.1, 0.15) is 0 Å². The van der Waals surface area contributed by atoms with Gasteiger partial charge in [0.1, 0.15) is 18.8 Å². The summed E-state index contributed by atoms with van der Waals surface area (Å²) in [5.74, 6) is -1.10. The third-order valence-electron chi connectivity index (χ3n) is 1.95. The molecule has 94 valence electrons. The molecular formula is C6H12O9P+. The quantitative estimate of drug-likeness (QED) is 0.224. The lowest BCUT2D eigenvalue weighted by Gasteiger charge is -2.18. The van der Waals surface area contributed by atoms with E-state index >= 15 is 0 Å². The standard InChI is InChI=1S/C6H12O9P/c7-2(1-14-16(11,12)13)5-3(8)4(9)6(10)15-5/h2-5,7-9,11-13H,1H2/q+1/t2-,3+,4?,5+/m0/s1. The molecule has 0 bridgehead atoms. The highest BCUT2D eigenvalue weighted by molar-refractivity contribution is 7.53. The van der Waals surface area contributed by atoms with Crippen molar-refractivity contribution in [2.24, 2.45) is 0 Å². The smallest absolute Gasteiger partial charge is 0.455 e. The molecule has 1 aliphatic rings. The molecule has 1 unspecified atom stereocenters. The molecule has 0 aromatic carbocycles.